The Morgan fingerprint density at radius 2 is 0.523 bits per heavy atom. The molecule has 0 aliphatic heterocycles. The van der Waals surface area contributed by atoms with E-state index in [0.717, 1.165) is 90.4 Å². The molecule has 0 amide bonds. The van der Waals surface area contributed by atoms with Crippen LogP contribution >= 0.6 is 0 Å². The molecule has 9 fully saturated rings. The van der Waals surface area contributed by atoms with Gasteiger partial charge in [-0.15, -0.1) is 0 Å². The molecule has 9 saturated carbocycles. The number of hydrogen-bond acceptors (Lipinski definition) is 13. The average Bonchev–Trinajstić information content (AvgIpc) is 1.30. The van der Waals surface area contributed by atoms with Gasteiger partial charge in [0.15, 0.2) is 77.5 Å². The molecule has 0 aromatic carbocycles. The summed E-state index contributed by atoms with van der Waals surface area (Å²) in [6.07, 6.45) is 53.5. The summed E-state index contributed by atoms with van der Waals surface area (Å²) in [5, 5.41) is 22.7. The predicted molar refractivity (Wildman–Crippen MR) is 539 cm³/mol. The number of nitrogens with zero attached hydrogens (tertiary/aromatic N) is 20. The summed E-state index contributed by atoms with van der Waals surface area (Å²) in [5.74, 6) is 6.92. The third-order valence-corrected chi connectivity index (χ3v) is 22.6. The fourth-order valence-corrected chi connectivity index (χ4v) is 15.0. The summed E-state index contributed by atoms with van der Waals surface area (Å²) < 4.78 is 0. The molecule has 0 heterocycles. The van der Waals surface area contributed by atoms with Crippen molar-refractivity contribution in [3.8, 4) is 0 Å². The first-order chi connectivity index (χ1) is 60.9. The van der Waals surface area contributed by atoms with E-state index in [4.69, 9.17) is 125 Å². The second-order valence-electron chi connectivity index (χ2n) is 34.0. The van der Waals surface area contributed by atoms with Gasteiger partial charge in [0, 0.05) is 89.6 Å². The minimum Gasteiger partial charge on any atom is -0.370 e. The van der Waals surface area contributed by atoms with Gasteiger partial charge in [-0.1, -0.05) is 161 Å². The quantitative estimate of drug-likeness (QED) is 0.0930. The number of nitrogens with two attached hydrogens (primary N) is 20. The van der Waals surface area contributed by atoms with Gasteiger partial charge in [0.25, 0.3) is 0 Å². The molecule has 45 heteroatoms. The Hall–Kier alpha value is -11.3. The van der Waals surface area contributed by atoms with Crippen molar-refractivity contribution in [1.29, 1.82) is 10.8 Å². The summed E-state index contributed by atoms with van der Waals surface area (Å²) in [5.41, 5.74) is 109. The number of rotatable bonds is 13. The SMILES string of the molecule is CN(C(=N)N)C(N)=NC1CCCCC1.CN(C(=N)N)C(N)=NCC1CCCCC1.CN(C)C(N)=NC(N)=NC1CCCCC1.CN(C)C(N)=NC(N)=NCC1CCCC1.CN=C(N)NC(N)=NC1CCCCC1.CN=C(N)NC(N)=NCC1CCCC1.CNC(N=C(N)N)=NC1CCCCC1.NC(N)=NC(N)=NC1CCCCC1.NC(N)=NC(N)=NCC1CCCCC1. The molecule has 0 spiro atoms. The highest BCUT2D eigenvalue weighted by Crippen LogP contribution is 2.29. The lowest BCUT2D eigenvalue weighted by Crippen LogP contribution is -2.43. The molecule has 9 aliphatic carbocycles. The molecule has 128 heavy (non-hydrogen) atoms. The van der Waals surface area contributed by atoms with Crippen molar-refractivity contribution in [1.82, 2.24) is 35.6 Å². The monoisotopic (exact) mass is 1800 g/mol. The van der Waals surface area contributed by atoms with Crippen LogP contribution in [0.5, 0.6) is 0 Å². The maximum absolute atomic E-state index is 7.20. The Bertz CT molecular complexity index is 3540. The predicted octanol–water partition coefficient (Wildman–Crippen LogP) is 2.47. The van der Waals surface area contributed by atoms with Crippen LogP contribution in [-0.2, 0) is 0 Å². The van der Waals surface area contributed by atoms with E-state index in [1.54, 1.807) is 45.0 Å². The Kier molecular flexibility index (Phi) is 62.5. The maximum Gasteiger partial charge on any atom is 0.221 e. The molecule has 0 atom stereocenters. The third kappa shape index (κ3) is 60.4. The van der Waals surface area contributed by atoms with Gasteiger partial charge in [0.05, 0.1) is 30.2 Å². The van der Waals surface area contributed by atoms with Crippen LogP contribution in [0.2, 0.25) is 0 Å². The zero-order valence-corrected chi connectivity index (χ0v) is 79.4. The summed E-state index contributed by atoms with van der Waals surface area (Å²) in [7, 11) is 15.6. The second-order valence-corrected chi connectivity index (χ2v) is 34.0. The van der Waals surface area contributed by atoms with Crippen molar-refractivity contribution >= 4 is 107 Å². The van der Waals surface area contributed by atoms with Crippen LogP contribution in [0, 0.1) is 34.5 Å². The molecule has 0 unspecified atom stereocenters. The van der Waals surface area contributed by atoms with Crippen molar-refractivity contribution in [2.45, 2.75) is 306 Å². The summed E-state index contributed by atoms with van der Waals surface area (Å²) in [6, 6.07) is 1.73. The Morgan fingerprint density at radius 3 is 0.844 bits per heavy atom. The van der Waals surface area contributed by atoms with E-state index in [1.165, 1.54) is 222 Å². The first-order valence-electron chi connectivity index (χ1n) is 46.2. The van der Waals surface area contributed by atoms with Gasteiger partial charge >= 0.3 is 0 Å². The van der Waals surface area contributed by atoms with Gasteiger partial charge in [-0.25, -0.2) is 25.0 Å². The van der Waals surface area contributed by atoms with Gasteiger partial charge in [-0.05, 0) is 139 Å². The summed E-state index contributed by atoms with van der Waals surface area (Å²) in [4.78, 5) is 71.5. The first-order valence-corrected chi connectivity index (χ1v) is 46.2. The van der Waals surface area contributed by atoms with E-state index in [2.05, 4.69) is 95.8 Å². The fourth-order valence-electron chi connectivity index (χ4n) is 15.0. The fraction of sp³-hybridized carbons (Fsp3) is 0.783. The first kappa shape index (κ1) is 115. The van der Waals surface area contributed by atoms with E-state index in [-0.39, 0.29) is 47.7 Å². The highest BCUT2D eigenvalue weighted by atomic mass is 15.3. The summed E-state index contributed by atoms with van der Waals surface area (Å²) in [6.45, 7) is 3.11. The van der Waals surface area contributed by atoms with Crippen molar-refractivity contribution in [3.05, 3.63) is 0 Å². The van der Waals surface area contributed by atoms with E-state index in [9.17, 15) is 0 Å². The molecule has 9 rings (SSSR count). The molecule has 0 radical (unpaired) electrons. The average molecular weight is 1800 g/mol. The molecule has 45 nitrogen and oxygen atoms in total. The molecule has 0 bridgehead atoms. The lowest BCUT2D eigenvalue weighted by atomic mass is 9.89. The van der Waals surface area contributed by atoms with Crippen molar-refractivity contribution in [2.24, 2.45) is 218 Å². The normalized spacial score (nSPS) is 19.7. The second kappa shape index (κ2) is 69.7. The molecule has 45 N–H and O–H groups in total. The summed E-state index contributed by atoms with van der Waals surface area (Å²) >= 11 is 0. The Labute approximate surface area is 764 Å². The van der Waals surface area contributed by atoms with Gasteiger partial charge < -0.3 is 130 Å². The maximum atomic E-state index is 7.20. The highest BCUT2D eigenvalue weighted by Gasteiger charge is 2.21. The van der Waals surface area contributed by atoms with Crippen molar-refractivity contribution in [2.75, 3.05) is 89.6 Å². The van der Waals surface area contributed by atoms with Crippen LogP contribution in [-0.4, -0.2) is 247 Å². The Morgan fingerprint density at radius 1 is 0.266 bits per heavy atom. The molecule has 9 aliphatic rings. The van der Waals surface area contributed by atoms with Crippen LogP contribution in [0.1, 0.15) is 276 Å². The minimum absolute atomic E-state index is 0.0305. The van der Waals surface area contributed by atoms with Crippen LogP contribution in [0.4, 0.5) is 0 Å². The zero-order chi connectivity index (χ0) is 95.6. The highest BCUT2D eigenvalue weighted by molar-refractivity contribution is 5.99. The lowest BCUT2D eigenvalue weighted by Gasteiger charge is -2.21. The van der Waals surface area contributed by atoms with Crippen molar-refractivity contribution < 1.29 is 0 Å². The molecule has 0 saturated heterocycles. The van der Waals surface area contributed by atoms with Crippen LogP contribution in [0.15, 0.2) is 79.9 Å². The van der Waals surface area contributed by atoms with Gasteiger partial charge in [-0.2, -0.15) is 25.0 Å². The van der Waals surface area contributed by atoms with Gasteiger partial charge in [0.1, 0.15) is 0 Å². The largest absolute Gasteiger partial charge is 0.370 e. The van der Waals surface area contributed by atoms with Crippen molar-refractivity contribution in [3.63, 3.8) is 0 Å². The number of nitrogens with one attached hydrogen (secondary N) is 5. The third-order valence-electron chi connectivity index (χ3n) is 22.6. The smallest absolute Gasteiger partial charge is 0.221 e. The van der Waals surface area contributed by atoms with Gasteiger partial charge in [0.2, 0.25) is 29.8 Å². The Balaban J connectivity index is 0.000000720. The minimum atomic E-state index is -0.0695. The molecule has 0 aromatic rings. The van der Waals surface area contributed by atoms with Crippen LogP contribution in [0.3, 0.4) is 0 Å². The molecular formula is C83H175N45. The van der Waals surface area contributed by atoms with E-state index in [0.29, 0.717) is 113 Å². The molecule has 0 aromatic heterocycles. The van der Waals surface area contributed by atoms with Crippen LogP contribution < -0.4 is 131 Å². The van der Waals surface area contributed by atoms with Crippen LogP contribution in [0.25, 0.3) is 0 Å². The lowest BCUT2D eigenvalue weighted by molar-refractivity contribution is 0.366. The van der Waals surface area contributed by atoms with E-state index < -0.39 is 0 Å². The van der Waals surface area contributed by atoms with E-state index >= 15 is 0 Å². The zero-order valence-electron chi connectivity index (χ0n) is 79.4. The number of aliphatic imine (C=N–C) groups is 16. The number of hydrogen-bond donors (Lipinski definition) is 25. The van der Waals surface area contributed by atoms with E-state index in [1.807, 2.05) is 28.2 Å². The van der Waals surface area contributed by atoms with Gasteiger partial charge in [-0.3, -0.25) is 61.2 Å². The molecular weight excluding hydrogens is 1630 g/mol. The number of guanidine groups is 18. The molecule has 732 valence electrons. The standard InChI is InChI=1S/3C10H21N5.5C9H19N5.C8H17N5/c1-15(2)10(12)14-9(11)13-7-8-5-3-4-6-8;1-15(2)10(12)14-9(11)13-8-6-4-3-5-7-8;1-15(9(11)12)10(13)14-7-8-5-3-2-4-6-8;1-12-8(10)14-9(11)13-6-7-4-2-3-5-7;1-12-8(10)14-9(11)13-7-5-3-2-4-6-7;1-14(8(10)11)9(12)13-7-5-3-2-4-6-7;1-12-9(14-8(10)11)13-7-5-3-2-4-6-7;10-8(11)14-9(12)13-6-7-4-2-1-3-5-7;9-7(10)13-8(11)12-6-4-2-1-3-5-6/h2*8H,3-7H2,1-2H3,(H4,11,12,13,14);8H,2-7H2,1H3,(H3,11,12)(H2,13,14);2*7H,2-6H2,1H3,(H5,10,11,12,13,14);7H,2-6H2,1H3,(H3,10,11)(H2,12,13);7H,2-6H2,1H3,(H5,10,11,12,13,14);7H,1-6H2,(H6,10,11,12,13,14);6H,1-5H2,(H6,9,10,11,12,13). The topological polar surface area (TPSA) is 815 Å².